The fraction of sp³-hybridized carbons (Fsp3) is 0.381. The molecular formula is C21H19N5O. The number of benzene rings is 1. The quantitative estimate of drug-likeness (QED) is 0.818. The van der Waals surface area contributed by atoms with Crippen LogP contribution in [0.4, 0.5) is 0 Å². The molecule has 1 aromatic rings. The monoisotopic (exact) mass is 357 g/mol. The maximum Gasteiger partial charge on any atom is 0.219 e. The Morgan fingerprint density at radius 2 is 1.93 bits per heavy atom. The molecule has 1 aliphatic carbocycles. The van der Waals surface area contributed by atoms with Crippen molar-refractivity contribution in [3.05, 3.63) is 47.5 Å². The summed E-state index contributed by atoms with van der Waals surface area (Å²) in [6, 6.07) is 15.8. The number of amides is 1. The van der Waals surface area contributed by atoms with E-state index in [2.05, 4.69) is 18.2 Å². The molecule has 0 saturated heterocycles. The second-order valence-electron chi connectivity index (χ2n) is 7.04. The van der Waals surface area contributed by atoms with Gasteiger partial charge in [0.15, 0.2) is 5.41 Å². The Morgan fingerprint density at radius 3 is 2.48 bits per heavy atom. The van der Waals surface area contributed by atoms with Crippen LogP contribution in [0.25, 0.3) is 0 Å². The fourth-order valence-electron chi connectivity index (χ4n) is 4.24. The van der Waals surface area contributed by atoms with Crippen molar-refractivity contribution in [3.63, 3.8) is 0 Å². The highest BCUT2D eigenvalue weighted by molar-refractivity contribution is 6.00. The van der Waals surface area contributed by atoms with Gasteiger partial charge in [0.25, 0.3) is 0 Å². The standard InChI is InChI=1S/C21H19N5O/c1-14(27)26-8-7-16-17(10-22)20(25)21(12-23,13-24)19(18(16)11-26)9-15-5-3-2-4-6-15/h2-7,17-19,25H,8-9,11H2,1H3/t17?,18-,19-/m1/s1. The van der Waals surface area contributed by atoms with Crippen LogP contribution in [0, 0.1) is 62.6 Å². The van der Waals surface area contributed by atoms with E-state index in [1.807, 2.05) is 36.4 Å². The molecule has 1 amide bonds. The van der Waals surface area contributed by atoms with Crippen molar-refractivity contribution in [1.82, 2.24) is 4.90 Å². The molecule has 0 radical (unpaired) electrons. The predicted molar refractivity (Wildman–Crippen MR) is 98.0 cm³/mol. The topological polar surface area (TPSA) is 116 Å². The summed E-state index contributed by atoms with van der Waals surface area (Å²) in [5, 5.41) is 38.0. The molecule has 6 heteroatoms. The molecule has 1 aromatic carbocycles. The Bertz CT molecular complexity index is 914. The molecule has 2 aliphatic rings. The molecule has 1 aliphatic heterocycles. The molecule has 1 N–H and O–H groups in total. The van der Waals surface area contributed by atoms with Crippen LogP contribution in [-0.2, 0) is 11.2 Å². The Hall–Kier alpha value is -3.43. The zero-order chi connectivity index (χ0) is 19.6. The van der Waals surface area contributed by atoms with Crippen molar-refractivity contribution in [2.75, 3.05) is 13.1 Å². The fourth-order valence-corrected chi connectivity index (χ4v) is 4.24. The molecule has 0 spiro atoms. The smallest absolute Gasteiger partial charge is 0.219 e. The van der Waals surface area contributed by atoms with Crippen LogP contribution in [0.3, 0.4) is 0 Å². The van der Waals surface area contributed by atoms with Gasteiger partial charge in [-0.3, -0.25) is 4.79 Å². The van der Waals surface area contributed by atoms with E-state index in [1.54, 1.807) is 4.90 Å². The minimum atomic E-state index is -1.68. The third-order valence-corrected chi connectivity index (χ3v) is 5.71. The third kappa shape index (κ3) is 2.88. The van der Waals surface area contributed by atoms with Gasteiger partial charge in [-0.25, -0.2) is 0 Å². The van der Waals surface area contributed by atoms with Gasteiger partial charge in [0.05, 0.1) is 23.9 Å². The van der Waals surface area contributed by atoms with Crippen LogP contribution in [0.15, 0.2) is 42.0 Å². The zero-order valence-electron chi connectivity index (χ0n) is 15.0. The Morgan fingerprint density at radius 1 is 1.26 bits per heavy atom. The van der Waals surface area contributed by atoms with Crippen LogP contribution in [-0.4, -0.2) is 29.6 Å². The van der Waals surface area contributed by atoms with E-state index in [0.717, 1.165) is 11.1 Å². The molecular weight excluding hydrogens is 338 g/mol. The summed E-state index contributed by atoms with van der Waals surface area (Å²) in [5.41, 5.74) is -0.102. The molecule has 0 aromatic heterocycles. The molecule has 134 valence electrons. The van der Waals surface area contributed by atoms with Crippen molar-refractivity contribution >= 4 is 11.6 Å². The number of nitriles is 3. The van der Waals surface area contributed by atoms with E-state index in [0.29, 0.717) is 19.5 Å². The molecule has 1 fully saturated rings. The second-order valence-corrected chi connectivity index (χ2v) is 7.04. The number of hydrogen-bond donors (Lipinski definition) is 1. The first kappa shape index (κ1) is 18.4. The molecule has 0 bridgehead atoms. The molecule has 3 rings (SSSR count). The normalized spacial score (nSPS) is 26.0. The zero-order valence-corrected chi connectivity index (χ0v) is 15.0. The number of hydrogen-bond acceptors (Lipinski definition) is 5. The summed E-state index contributed by atoms with van der Waals surface area (Å²) in [4.78, 5) is 13.6. The number of carbonyl (C=O) groups excluding carboxylic acids is 1. The highest BCUT2D eigenvalue weighted by Crippen LogP contribution is 2.49. The molecule has 1 unspecified atom stereocenters. The summed E-state index contributed by atoms with van der Waals surface area (Å²) in [6.45, 7) is 2.23. The van der Waals surface area contributed by atoms with E-state index in [4.69, 9.17) is 5.41 Å². The maximum atomic E-state index is 11.9. The van der Waals surface area contributed by atoms with Crippen molar-refractivity contribution in [3.8, 4) is 18.2 Å². The van der Waals surface area contributed by atoms with Crippen molar-refractivity contribution < 1.29 is 4.79 Å². The number of fused-ring (bicyclic) bond motifs is 1. The minimum absolute atomic E-state index is 0.0857. The predicted octanol–water partition coefficient (Wildman–Crippen LogP) is 2.46. The van der Waals surface area contributed by atoms with Crippen molar-refractivity contribution in [2.24, 2.45) is 23.2 Å². The average Bonchev–Trinajstić information content (AvgIpc) is 2.69. The number of nitrogens with one attached hydrogen (secondary N) is 1. The summed E-state index contributed by atoms with van der Waals surface area (Å²) in [6.07, 6.45) is 2.25. The lowest BCUT2D eigenvalue weighted by atomic mass is 9.54. The number of rotatable bonds is 2. The van der Waals surface area contributed by atoms with Gasteiger partial charge in [0.2, 0.25) is 5.91 Å². The van der Waals surface area contributed by atoms with Gasteiger partial charge in [-0.15, -0.1) is 0 Å². The summed E-state index contributed by atoms with van der Waals surface area (Å²) in [7, 11) is 0. The minimum Gasteiger partial charge on any atom is -0.339 e. The lowest BCUT2D eigenvalue weighted by Gasteiger charge is -2.47. The first-order chi connectivity index (χ1) is 13.0. The highest BCUT2D eigenvalue weighted by atomic mass is 16.2. The molecule has 27 heavy (non-hydrogen) atoms. The highest BCUT2D eigenvalue weighted by Gasteiger charge is 2.57. The number of carbonyl (C=O) groups is 1. The summed E-state index contributed by atoms with van der Waals surface area (Å²) < 4.78 is 0. The lowest BCUT2D eigenvalue weighted by Crippen LogP contribution is -2.55. The summed E-state index contributed by atoms with van der Waals surface area (Å²) in [5.74, 6) is -1.78. The third-order valence-electron chi connectivity index (χ3n) is 5.71. The van der Waals surface area contributed by atoms with Crippen LogP contribution in [0.5, 0.6) is 0 Å². The van der Waals surface area contributed by atoms with Gasteiger partial charge in [0, 0.05) is 31.8 Å². The maximum absolute atomic E-state index is 11.9. The van der Waals surface area contributed by atoms with Gasteiger partial charge < -0.3 is 10.3 Å². The SMILES string of the molecule is CC(=O)N1CC=C2C(C#N)C(=N)C(C#N)(C#N)[C@H](Cc3ccccc3)[C@@H]2C1. The van der Waals surface area contributed by atoms with Crippen molar-refractivity contribution in [2.45, 2.75) is 13.3 Å². The first-order valence-corrected chi connectivity index (χ1v) is 8.79. The Kier molecular flexibility index (Phi) is 4.80. The van der Waals surface area contributed by atoms with E-state index in [9.17, 15) is 20.6 Å². The van der Waals surface area contributed by atoms with Gasteiger partial charge >= 0.3 is 0 Å². The Labute approximate surface area is 158 Å². The largest absolute Gasteiger partial charge is 0.339 e. The van der Waals surface area contributed by atoms with Crippen molar-refractivity contribution in [1.29, 1.82) is 21.2 Å². The van der Waals surface area contributed by atoms with Crippen LogP contribution < -0.4 is 0 Å². The lowest BCUT2D eigenvalue weighted by molar-refractivity contribution is -0.129. The van der Waals surface area contributed by atoms with E-state index in [1.165, 1.54) is 6.92 Å². The van der Waals surface area contributed by atoms with Gasteiger partial charge in [0.1, 0.15) is 5.92 Å². The van der Waals surface area contributed by atoms with E-state index >= 15 is 0 Å². The molecule has 1 heterocycles. The Balaban J connectivity index is 2.14. The average molecular weight is 357 g/mol. The first-order valence-electron chi connectivity index (χ1n) is 8.79. The van der Waals surface area contributed by atoms with Gasteiger partial charge in [-0.1, -0.05) is 36.4 Å². The van der Waals surface area contributed by atoms with E-state index < -0.39 is 17.3 Å². The van der Waals surface area contributed by atoms with Gasteiger partial charge in [-0.2, -0.15) is 15.8 Å². The van der Waals surface area contributed by atoms with Crippen LogP contribution >= 0.6 is 0 Å². The van der Waals surface area contributed by atoms with Gasteiger partial charge in [-0.05, 0) is 17.6 Å². The molecule has 3 atom stereocenters. The van der Waals surface area contributed by atoms with Crippen LogP contribution in [0.1, 0.15) is 12.5 Å². The number of nitrogens with zero attached hydrogens (tertiary/aromatic N) is 4. The molecule has 6 nitrogen and oxygen atoms in total. The molecule has 1 saturated carbocycles. The van der Waals surface area contributed by atoms with Crippen LogP contribution in [0.2, 0.25) is 0 Å². The van der Waals surface area contributed by atoms with E-state index in [-0.39, 0.29) is 17.5 Å². The summed E-state index contributed by atoms with van der Waals surface area (Å²) >= 11 is 0. The second kappa shape index (κ2) is 7.06.